The van der Waals surface area contributed by atoms with E-state index in [4.69, 9.17) is 0 Å². The summed E-state index contributed by atoms with van der Waals surface area (Å²) in [4.78, 5) is 9.98. The third-order valence-electron chi connectivity index (χ3n) is 3.21. The van der Waals surface area contributed by atoms with E-state index in [9.17, 15) is 10.1 Å². The normalized spacial score (nSPS) is 13.2. The van der Waals surface area contributed by atoms with E-state index in [1.807, 2.05) is 30.5 Å². The molecule has 0 radical (unpaired) electrons. The smallest absolute Gasteiger partial charge is 0.235 e. The molecule has 2 aromatic rings. The van der Waals surface area contributed by atoms with Crippen molar-refractivity contribution in [3.63, 3.8) is 0 Å². The van der Waals surface area contributed by atoms with Crippen molar-refractivity contribution < 1.29 is 4.92 Å². The van der Waals surface area contributed by atoms with Gasteiger partial charge in [-0.15, -0.1) is 0 Å². The second kappa shape index (κ2) is 5.04. The zero-order valence-corrected chi connectivity index (χ0v) is 10.5. The molecule has 94 valence electrons. The molecule has 1 aromatic carbocycles. The van der Waals surface area contributed by atoms with Crippen molar-refractivity contribution in [2.45, 2.75) is 26.3 Å². The molecule has 1 aromatic heterocycles. The maximum Gasteiger partial charge on any atom is 0.235 e. The topological polar surface area (TPSA) is 48.1 Å². The monoisotopic (exact) mass is 244 g/mol. The lowest BCUT2D eigenvalue weighted by atomic mass is 10.2. The van der Waals surface area contributed by atoms with Gasteiger partial charge in [0.05, 0.1) is 4.92 Å². The number of benzene rings is 1. The molecular formula is C14H16N2O2. The van der Waals surface area contributed by atoms with E-state index in [2.05, 4.69) is 18.4 Å². The lowest BCUT2D eigenvalue weighted by Crippen LogP contribution is -2.01. The molecule has 0 fully saturated rings. The maximum atomic E-state index is 10.4. The predicted molar refractivity (Wildman–Crippen MR) is 73.0 cm³/mol. The molecule has 0 amide bonds. The third kappa shape index (κ3) is 2.27. The summed E-state index contributed by atoms with van der Waals surface area (Å²) in [5.41, 5.74) is 2.01. The Balaban J connectivity index is 2.57. The van der Waals surface area contributed by atoms with Gasteiger partial charge in [0.2, 0.25) is 6.20 Å². The van der Waals surface area contributed by atoms with E-state index in [0.717, 1.165) is 29.1 Å². The van der Waals surface area contributed by atoms with Gasteiger partial charge < -0.3 is 4.57 Å². The van der Waals surface area contributed by atoms with Crippen LogP contribution in [0.25, 0.3) is 17.0 Å². The molecule has 0 N–H and O–H groups in total. The first-order valence-electron chi connectivity index (χ1n) is 6.04. The fraction of sp³-hybridized carbons (Fsp3) is 0.286. The molecule has 0 unspecified atom stereocenters. The molecule has 0 aliphatic rings. The molecule has 4 heteroatoms. The minimum Gasteiger partial charge on any atom is -0.344 e. The highest BCUT2D eigenvalue weighted by molar-refractivity contribution is 5.89. The summed E-state index contributed by atoms with van der Waals surface area (Å²) < 4.78 is 2.18. The Kier molecular flexibility index (Phi) is 3.46. The highest BCUT2D eigenvalue weighted by Gasteiger charge is 2.10. The van der Waals surface area contributed by atoms with Gasteiger partial charge in [0.25, 0.3) is 0 Å². The summed E-state index contributed by atoms with van der Waals surface area (Å²) in [6, 6.07) is 8.36. The van der Waals surface area contributed by atoms with Crippen LogP contribution < -0.4 is 0 Å². The van der Waals surface area contributed by atoms with Crippen LogP contribution >= 0.6 is 0 Å². The number of hydrogen-bond donors (Lipinski definition) is 0. The van der Waals surface area contributed by atoms with Gasteiger partial charge in [-0.3, -0.25) is 10.1 Å². The van der Waals surface area contributed by atoms with Gasteiger partial charge in [-0.2, -0.15) is 0 Å². The SMILES string of the molecule is CC[C@H](C)n1cc(/C=C/[N+](=O)[O-])c2ccccc21. The first-order valence-corrected chi connectivity index (χ1v) is 6.04. The summed E-state index contributed by atoms with van der Waals surface area (Å²) in [5, 5.41) is 11.5. The summed E-state index contributed by atoms with van der Waals surface area (Å²) in [5.74, 6) is 0. The predicted octanol–water partition coefficient (Wildman–Crippen LogP) is 3.86. The first kappa shape index (κ1) is 12.4. The van der Waals surface area contributed by atoms with E-state index < -0.39 is 4.92 Å². The third-order valence-corrected chi connectivity index (χ3v) is 3.21. The number of nitro groups is 1. The van der Waals surface area contributed by atoms with Gasteiger partial charge in [0.1, 0.15) is 0 Å². The van der Waals surface area contributed by atoms with Crippen molar-refractivity contribution >= 4 is 17.0 Å². The van der Waals surface area contributed by atoms with Crippen molar-refractivity contribution in [3.05, 3.63) is 52.3 Å². The number of nitrogens with zero attached hydrogens (tertiary/aromatic N) is 2. The Bertz CT molecular complexity index is 599. The van der Waals surface area contributed by atoms with Crippen molar-refractivity contribution in [1.29, 1.82) is 0 Å². The number of para-hydroxylation sites is 1. The fourth-order valence-corrected chi connectivity index (χ4v) is 2.07. The molecule has 0 saturated heterocycles. The van der Waals surface area contributed by atoms with Crippen LogP contribution in [0.3, 0.4) is 0 Å². The lowest BCUT2D eigenvalue weighted by molar-refractivity contribution is -0.400. The molecular weight excluding hydrogens is 228 g/mol. The van der Waals surface area contributed by atoms with Crippen LogP contribution in [0, 0.1) is 10.1 Å². The molecule has 0 bridgehead atoms. The second-order valence-corrected chi connectivity index (χ2v) is 4.37. The Morgan fingerprint density at radius 1 is 1.44 bits per heavy atom. The molecule has 0 saturated carbocycles. The van der Waals surface area contributed by atoms with Gasteiger partial charge in [-0.1, -0.05) is 25.1 Å². The van der Waals surface area contributed by atoms with Crippen LogP contribution in [0.5, 0.6) is 0 Å². The summed E-state index contributed by atoms with van der Waals surface area (Å²) >= 11 is 0. The Morgan fingerprint density at radius 3 is 2.83 bits per heavy atom. The Hall–Kier alpha value is -2.10. The second-order valence-electron chi connectivity index (χ2n) is 4.37. The molecule has 4 nitrogen and oxygen atoms in total. The van der Waals surface area contributed by atoms with Crippen LogP contribution in [0.2, 0.25) is 0 Å². The van der Waals surface area contributed by atoms with E-state index in [1.165, 1.54) is 0 Å². The molecule has 0 aliphatic heterocycles. The molecule has 2 rings (SSSR count). The highest BCUT2D eigenvalue weighted by atomic mass is 16.6. The van der Waals surface area contributed by atoms with Crippen LogP contribution in [0.15, 0.2) is 36.7 Å². The van der Waals surface area contributed by atoms with Crippen molar-refractivity contribution in [1.82, 2.24) is 4.57 Å². The molecule has 1 heterocycles. The minimum atomic E-state index is -0.435. The van der Waals surface area contributed by atoms with Crippen LogP contribution in [0.1, 0.15) is 31.9 Å². The first-order chi connectivity index (χ1) is 8.63. The molecule has 1 atom stereocenters. The van der Waals surface area contributed by atoms with Gasteiger partial charge in [-0.05, 0) is 19.4 Å². The van der Waals surface area contributed by atoms with Crippen molar-refractivity contribution in [2.24, 2.45) is 0 Å². The quantitative estimate of drug-likeness (QED) is 0.605. The largest absolute Gasteiger partial charge is 0.344 e. The minimum absolute atomic E-state index is 0.382. The van der Waals surface area contributed by atoms with Gasteiger partial charge >= 0.3 is 0 Å². The summed E-state index contributed by atoms with van der Waals surface area (Å²) in [6.07, 6.45) is 5.56. The van der Waals surface area contributed by atoms with E-state index in [0.29, 0.717) is 6.04 Å². The molecule has 0 aliphatic carbocycles. The Labute approximate surface area is 106 Å². The highest BCUT2D eigenvalue weighted by Crippen LogP contribution is 2.26. The summed E-state index contributed by atoms with van der Waals surface area (Å²) in [7, 11) is 0. The van der Waals surface area contributed by atoms with Gasteiger partial charge in [0, 0.05) is 34.8 Å². The van der Waals surface area contributed by atoms with E-state index >= 15 is 0 Å². The van der Waals surface area contributed by atoms with Crippen LogP contribution in [-0.2, 0) is 0 Å². The molecule has 0 spiro atoms. The fourth-order valence-electron chi connectivity index (χ4n) is 2.07. The van der Waals surface area contributed by atoms with E-state index in [1.54, 1.807) is 6.08 Å². The molecule has 18 heavy (non-hydrogen) atoms. The van der Waals surface area contributed by atoms with E-state index in [-0.39, 0.29) is 0 Å². The summed E-state index contributed by atoms with van der Waals surface area (Å²) in [6.45, 7) is 4.28. The lowest BCUT2D eigenvalue weighted by Gasteiger charge is -2.12. The number of rotatable bonds is 4. The number of fused-ring (bicyclic) bond motifs is 1. The number of aromatic nitrogens is 1. The van der Waals surface area contributed by atoms with Crippen LogP contribution in [0.4, 0.5) is 0 Å². The zero-order chi connectivity index (χ0) is 13.1. The van der Waals surface area contributed by atoms with Crippen molar-refractivity contribution in [2.75, 3.05) is 0 Å². The zero-order valence-electron chi connectivity index (χ0n) is 10.5. The van der Waals surface area contributed by atoms with Gasteiger partial charge in [-0.25, -0.2) is 0 Å². The Morgan fingerprint density at radius 2 is 2.17 bits per heavy atom. The van der Waals surface area contributed by atoms with Gasteiger partial charge in [0.15, 0.2) is 0 Å². The standard InChI is InChI=1S/C14H16N2O2/c1-3-11(2)15-10-12(8-9-16(17)18)13-6-4-5-7-14(13)15/h4-11H,3H2,1-2H3/b9-8+/t11-/m0/s1. The average Bonchev–Trinajstić information content (AvgIpc) is 2.74. The van der Waals surface area contributed by atoms with Crippen molar-refractivity contribution in [3.8, 4) is 0 Å². The average molecular weight is 244 g/mol. The number of hydrogen-bond acceptors (Lipinski definition) is 2. The van der Waals surface area contributed by atoms with Crippen LogP contribution in [-0.4, -0.2) is 9.49 Å². The maximum absolute atomic E-state index is 10.4.